The predicted octanol–water partition coefficient (Wildman–Crippen LogP) is 10.5. The van der Waals surface area contributed by atoms with Gasteiger partial charge < -0.3 is 0 Å². The van der Waals surface area contributed by atoms with E-state index in [9.17, 15) is 52.7 Å². The van der Waals surface area contributed by atoms with Gasteiger partial charge in [-0.25, -0.2) is 92.3 Å². The van der Waals surface area contributed by atoms with E-state index in [1.54, 1.807) is 0 Å². The maximum absolute atomic E-state index is 15.4. The molecule has 7 rings (SSSR count). The van der Waals surface area contributed by atoms with Crippen LogP contribution in [-0.2, 0) is 4.52 Å². The van der Waals surface area contributed by atoms with Gasteiger partial charge in [-0.05, 0) is 49.2 Å². The fraction of sp³-hybridized carbons (Fsp3) is 0.0851. The molecule has 71 heavy (non-hydrogen) atoms. The average molecular weight is 1040 g/mol. The quantitative estimate of drug-likeness (QED) is 0.0305. The second-order valence-electron chi connectivity index (χ2n) is 14.9. The van der Waals surface area contributed by atoms with E-state index in [1.165, 1.54) is 15.9 Å². The first-order valence-corrected chi connectivity index (χ1v) is 21.6. The van der Waals surface area contributed by atoms with Crippen LogP contribution in [-0.4, -0.2) is 12.8 Å². The number of hydrogen-bond acceptors (Lipinski definition) is 2. The first kappa shape index (κ1) is 53.4. The highest BCUT2D eigenvalue weighted by Gasteiger charge is 2.53. The summed E-state index contributed by atoms with van der Waals surface area (Å²) < 4.78 is 301. The zero-order valence-electron chi connectivity index (χ0n) is 34.9. The summed E-state index contributed by atoms with van der Waals surface area (Å²) in [6.45, 7) is 0.647. The molecule has 0 aromatic heterocycles. The maximum Gasteiger partial charge on any atom is 0.242 e. The van der Waals surface area contributed by atoms with Crippen molar-refractivity contribution in [2.45, 2.75) is 19.3 Å². The smallest absolute Gasteiger partial charge is 0.222 e. The molecule has 0 aliphatic heterocycles. The summed E-state index contributed by atoms with van der Waals surface area (Å²) in [7, 11) is -2.18. The molecule has 0 fully saturated rings. The van der Waals surface area contributed by atoms with Crippen LogP contribution in [0.2, 0.25) is 0 Å². The Labute approximate surface area is 387 Å². The number of rotatable bonds is 12. The minimum atomic E-state index is -7.22. The zero-order valence-corrected chi connectivity index (χ0v) is 35.8. The van der Waals surface area contributed by atoms with Crippen LogP contribution in [0.5, 0.6) is 0 Å². The number of hydrogen-bond donors (Lipinski definition) is 0. The Morgan fingerprint density at radius 3 is 0.746 bits per heavy atom. The number of nitrogens with zero attached hydrogens (tertiary/aromatic N) is 1. The Hall–Kier alpha value is -6.92. The Bertz CT molecular complexity index is 2720. The van der Waals surface area contributed by atoms with Crippen LogP contribution in [0.25, 0.3) is 0 Å². The van der Waals surface area contributed by atoms with Crippen molar-refractivity contribution in [3.05, 3.63) is 207 Å². The molecule has 0 aliphatic carbocycles. The van der Waals surface area contributed by atoms with Crippen LogP contribution in [0.15, 0.2) is 91.0 Å². The summed E-state index contributed by atoms with van der Waals surface area (Å²) in [5.41, 5.74) is -14.3. The van der Waals surface area contributed by atoms with Crippen molar-refractivity contribution in [3.8, 4) is 6.07 Å². The summed E-state index contributed by atoms with van der Waals surface area (Å²) in [5, 5.41) is 12.4. The van der Waals surface area contributed by atoms with E-state index in [-0.39, 0.29) is 0 Å². The third kappa shape index (κ3) is 8.85. The standard InChI is InChI=1S/C24BF20.C23H23NOP/c26-5-1(6(27)14(35)21(42)13(5)34)25(2-7(28)15(36)22(43)16(37)8(2)29,3-9(30)17(38)23(44)18(39)10(3)31)4-11(32)19(40)24(45)20(41)12(4)33;24-19-11-4-12-20-25-26(21-13-5-1-6-14-21,22-15-7-2-8-16-22)23-17-9-3-10-18-23/h;1-3,5-10,13-18H,4,11-12,20H2/q-1;+1. The van der Waals surface area contributed by atoms with Crippen molar-refractivity contribution in [1.29, 1.82) is 5.26 Å². The minimum Gasteiger partial charge on any atom is -0.222 e. The molecule has 7 aromatic carbocycles. The molecule has 0 aliphatic rings. The highest BCUT2D eigenvalue weighted by Crippen LogP contribution is 2.56. The third-order valence-electron chi connectivity index (χ3n) is 11.0. The fourth-order valence-electron chi connectivity index (χ4n) is 7.97. The van der Waals surface area contributed by atoms with E-state index in [1.807, 2.05) is 18.2 Å². The number of benzene rings is 7. The number of nitriles is 1. The van der Waals surface area contributed by atoms with Crippen molar-refractivity contribution in [2.75, 3.05) is 6.61 Å². The van der Waals surface area contributed by atoms with Crippen molar-refractivity contribution >= 4 is 51.4 Å². The fourth-order valence-corrected chi connectivity index (χ4v) is 11.5. The van der Waals surface area contributed by atoms with Crippen molar-refractivity contribution in [3.63, 3.8) is 0 Å². The second kappa shape index (κ2) is 21.2. The molecule has 0 amide bonds. The van der Waals surface area contributed by atoms with E-state index in [2.05, 4.69) is 78.9 Å². The van der Waals surface area contributed by atoms with E-state index >= 15 is 35.1 Å². The van der Waals surface area contributed by atoms with Gasteiger partial charge in [-0.1, -0.05) is 54.6 Å². The summed E-state index contributed by atoms with van der Waals surface area (Å²) in [5.74, 6) is -71.4. The summed E-state index contributed by atoms with van der Waals surface area (Å²) in [6.07, 6.45) is -4.88. The molecule has 0 saturated carbocycles. The van der Waals surface area contributed by atoms with E-state index < -0.39 is 152 Å². The molecule has 0 atom stereocenters. The van der Waals surface area contributed by atoms with Crippen LogP contribution < -0.4 is 37.8 Å². The Morgan fingerprint density at radius 1 is 0.324 bits per heavy atom. The van der Waals surface area contributed by atoms with Crippen molar-refractivity contribution in [2.24, 2.45) is 0 Å². The summed E-state index contributed by atoms with van der Waals surface area (Å²) >= 11 is 0. The lowest BCUT2D eigenvalue weighted by Crippen LogP contribution is -2.81. The lowest BCUT2D eigenvalue weighted by atomic mass is 9.12. The van der Waals surface area contributed by atoms with Gasteiger partial charge in [-0.3, -0.25) is 0 Å². The number of halogens is 20. The molecule has 0 spiro atoms. The van der Waals surface area contributed by atoms with Gasteiger partial charge in [-0.15, -0.1) is 21.9 Å². The Morgan fingerprint density at radius 2 is 0.535 bits per heavy atom. The first-order valence-electron chi connectivity index (χ1n) is 19.9. The number of unbranched alkanes of at least 4 members (excludes halogenated alkanes) is 2. The molecule has 0 unspecified atom stereocenters. The normalized spacial score (nSPS) is 11.6. The molecule has 0 radical (unpaired) electrons. The van der Waals surface area contributed by atoms with Gasteiger partial charge in [0.25, 0.3) is 0 Å². The molecule has 0 bridgehead atoms. The van der Waals surface area contributed by atoms with Crippen LogP contribution in [0.1, 0.15) is 19.3 Å². The average Bonchev–Trinajstić information content (AvgIpc) is 3.38. The minimum absolute atomic E-state index is 0.580. The molecule has 7 aromatic rings. The molecule has 370 valence electrons. The zero-order chi connectivity index (χ0) is 52.4. The summed E-state index contributed by atoms with van der Waals surface area (Å²) in [4.78, 5) is 0. The molecule has 0 saturated heterocycles. The highest BCUT2D eigenvalue weighted by atomic mass is 31.2. The van der Waals surface area contributed by atoms with Gasteiger partial charge >= 0.3 is 0 Å². The third-order valence-corrected chi connectivity index (χ3v) is 14.7. The lowest BCUT2D eigenvalue weighted by molar-refractivity contribution is 0.342. The van der Waals surface area contributed by atoms with Gasteiger partial charge in [0, 0.05) is 6.42 Å². The molecular formula is C47H23BF20NOP. The van der Waals surface area contributed by atoms with Gasteiger partial charge in [-0.2, -0.15) is 5.26 Å². The van der Waals surface area contributed by atoms with Gasteiger partial charge in [0.05, 0.1) is 12.7 Å². The molecule has 0 heterocycles. The second-order valence-corrected chi connectivity index (χ2v) is 17.9. The van der Waals surface area contributed by atoms with Gasteiger partial charge in [0.2, 0.25) is 7.49 Å². The van der Waals surface area contributed by atoms with E-state index in [0.717, 1.165) is 12.8 Å². The van der Waals surface area contributed by atoms with E-state index in [4.69, 9.17) is 9.79 Å². The van der Waals surface area contributed by atoms with Gasteiger partial charge in [0.15, 0.2) is 69.8 Å². The largest absolute Gasteiger partial charge is 0.242 e. The lowest BCUT2D eigenvalue weighted by Gasteiger charge is -2.44. The molecule has 24 heteroatoms. The van der Waals surface area contributed by atoms with Crippen molar-refractivity contribution in [1.82, 2.24) is 0 Å². The Kier molecular flexibility index (Phi) is 16.0. The van der Waals surface area contributed by atoms with Crippen LogP contribution >= 0.6 is 7.49 Å². The monoisotopic (exact) mass is 1040 g/mol. The summed E-state index contributed by atoms with van der Waals surface area (Å²) in [6, 6.07) is 33.8. The predicted molar refractivity (Wildman–Crippen MR) is 220 cm³/mol. The van der Waals surface area contributed by atoms with Crippen LogP contribution in [0, 0.1) is 128 Å². The van der Waals surface area contributed by atoms with Gasteiger partial charge in [0.1, 0.15) is 68.6 Å². The SMILES string of the molecule is Fc1c(F)c(F)c([B-](c2c(F)c(F)c(F)c(F)c2F)(c2c(F)c(F)c(F)c(F)c2F)c2c(F)c(F)c(F)c(F)c2F)c(F)c1F.N#CCCCCO[P+](c1ccccc1)(c1ccccc1)c1ccccc1. The molecule has 2 nitrogen and oxygen atoms in total. The molecular weight excluding hydrogens is 1020 g/mol. The van der Waals surface area contributed by atoms with Crippen LogP contribution in [0.3, 0.4) is 0 Å². The first-order chi connectivity index (χ1) is 33.6. The Balaban J connectivity index is 0.000000268. The van der Waals surface area contributed by atoms with Crippen LogP contribution in [0.4, 0.5) is 87.8 Å². The van der Waals surface area contributed by atoms with E-state index in [0.29, 0.717) is 13.0 Å². The topological polar surface area (TPSA) is 33.0 Å². The maximum atomic E-state index is 15.4. The molecule has 0 N–H and O–H groups in total. The van der Waals surface area contributed by atoms with Crippen molar-refractivity contribution < 1.29 is 92.3 Å². The highest BCUT2D eigenvalue weighted by molar-refractivity contribution is 7.91.